The lowest BCUT2D eigenvalue weighted by Crippen LogP contribution is -2.52. The monoisotopic (exact) mass is 556 g/mol. The summed E-state index contributed by atoms with van der Waals surface area (Å²) in [5.74, 6) is 3.64. The molecule has 0 bridgehead atoms. The minimum atomic E-state index is 0. The molecule has 1 saturated heterocycles. The molecule has 0 atom stereocenters. The fourth-order valence-corrected chi connectivity index (χ4v) is 3.86. The van der Waals surface area contributed by atoms with E-state index in [2.05, 4.69) is 26.2 Å². The Morgan fingerprint density at radius 1 is 0.844 bits per heavy atom. The second-order valence-electron chi connectivity index (χ2n) is 7.04. The highest BCUT2D eigenvalue weighted by molar-refractivity contribution is 14.0. The third-order valence-electron chi connectivity index (χ3n) is 5.44. The predicted molar refractivity (Wildman–Crippen MR) is 138 cm³/mol. The van der Waals surface area contributed by atoms with Gasteiger partial charge in [-0.1, -0.05) is 12.1 Å². The Kier molecular flexibility index (Phi) is 10.0. The fourth-order valence-electron chi connectivity index (χ4n) is 3.86. The largest absolute Gasteiger partial charge is 0.495 e. The summed E-state index contributed by atoms with van der Waals surface area (Å²) in [6, 6.07) is 12.0. The van der Waals surface area contributed by atoms with Crippen LogP contribution in [0.25, 0.3) is 0 Å². The van der Waals surface area contributed by atoms with Crippen LogP contribution >= 0.6 is 24.0 Å². The van der Waals surface area contributed by atoms with Crippen LogP contribution in [-0.4, -0.2) is 72.5 Å². The van der Waals surface area contributed by atoms with Gasteiger partial charge in [0.2, 0.25) is 5.75 Å². The number of para-hydroxylation sites is 2. The third-order valence-corrected chi connectivity index (χ3v) is 5.44. The summed E-state index contributed by atoms with van der Waals surface area (Å²) in [7, 11) is 8.37. The van der Waals surface area contributed by atoms with Crippen LogP contribution in [0.15, 0.2) is 41.4 Å². The van der Waals surface area contributed by atoms with Crippen molar-refractivity contribution in [1.82, 2.24) is 10.2 Å². The van der Waals surface area contributed by atoms with Gasteiger partial charge in [0.05, 0.1) is 34.1 Å². The van der Waals surface area contributed by atoms with E-state index in [0.717, 1.165) is 49.1 Å². The Morgan fingerprint density at radius 3 is 2.09 bits per heavy atom. The van der Waals surface area contributed by atoms with Crippen molar-refractivity contribution in [3.05, 3.63) is 42.0 Å². The molecule has 1 aliphatic heterocycles. The van der Waals surface area contributed by atoms with E-state index in [1.54, 1.807) is 35.5 Å². The topological polar surface area (TPSA) is 67.8 Å². The average molecular weight is 556 g/mol. The number of benzene rings is 2. The van der Waals surface area contributed by atoms with Crippen molar-refractivity contribution in [2.45, 2.75) is 6.54 Å². The second kappa shape index (κ2) is 12.5. The SMILES string of the molecule is CN=C(NCc1ccc(OC)c(OC)c1OC)N1CCN(c2ccccc2OC)CC1.I. The Bertz CT molecular complexity index is 902. The van der Waals surface area contributed by atoms with E-state index < -0.39 is 0 Å². The van der Waals surface area contributed by atoms with Crippen molar-refractivity contribution in [2.24, 2.45) is 4.99 Å². The van der Waals surface area contributed by atoms with E-state index in [1.807, 2.05) is 30.3 Å². The van der Waals surface area contributed by atoms with Crippen molar-refractivity contribution < 1.29 is 18.9 Å². The summed E-state index contributed by atoms with van der Waals surface area (Å²) in [6.07, 6.45) is 0. The Labute approximate surface area is 207 Å². The van der Waals surface area contributed by atoms with Crippen LogP contribution in [0.3, 0.4) is 0 Å². The molecule has 9 heteroatoms. The van der Waals surface area contributed by atoms with Crippen LogP contribution < -0.4 is 29.2 Å². The number of piperazine rings is 1. The zero-order valence-electron chi connectivity index (χ0n) is 19.4. The fraction of sp³-hybridized carbons (Fsp3) is 0.435. The molecular formula is C23H33IN4O4. The molecular weight excluding hydrogens is 523 g/mol. The summed E-state index contributed by atoms with van der Waals surface area (Å²) in [4.78, 5) is 9.09. The summed E-state index contributed by atoms with van der Waals surface area (Å²) in [5.41, 5.74) is 2.09. The number of rotatable bonds is 7. The van der Waals surface area contributed by atoms with Crippen LogP contribution in [0.1, 0.15) is 5.56 Å². The standard InChI is InChI=1S/C23H32N4O4.HI/c1-24-23(25-16-17-10-11-20(29-3)22(31-5)21(17)30-4)27-14-12-26(13-15-27)18-8-6-7-9-19(18)28-2;/h6-11H,12-16H2,1-5H3,(H,24,25);1H. The number of methoxy groups -OCH3 is 4. The zero-order valence-corrected chi connectivity index (χ0v) is 21.7. The summed E-state index contributed by atoms with van der Waals surface area (Å²) in [6.45, 7) is 4.06. The van der Waals surface area contributed by atoms with E-state index >= 15 is 0 Å². The Morgan fingerprint density at radius 2 is 1.50 bits per heavy atom. The molecule has 176 valence electrons. The first kappa shape index (κ1) is 25.7. The van der Waals surface area contributed by atoms with Crippen molar-refractivity contribution in [3.8, 4) is 23.0 Å². The lowest BCUT2D eigenvalue weighted by atomic mass is 10.1. The number of aliphatic imine (C=N–C) groups is 1. The van der Waals surface area contributed by atoms with Crippen molar-refractivity contribution in [3.63, 3.8) is 0 Å². The van der Waals surface area contributed by atoms with Gasteiger partial charge in [-0.25, -0.2) is 0 Å². The van der Waals surface area contributed by atoms with Gasteiger partial charge in [-0.2, -0.15) is 0 Å². The molecule has 2 aromatic carbocycles. The minimum Gasteiger partial charge on any atom is -0.495 e. The number of nitrogens with one attached hydrogen (secondary N) is 1. The molecule has 0 saturated carbocycles. The van der Waals surface area contributed by atoms with E-state index in [0.29, 0.717) is 23.8 Å². The number of hydrogen-bond acceptors (Lipinski definition) is 6. The molecule has 1 heterocycles. The Balaban J connectivity index is 0.00000363. The zero-order chi connectivity index (χ0) is 22.2. The first-order chi connectivity index (χ1) is 15.2. The predicted octanol–water partition coefficient (Wildman–Crippen LogP) is 3.24. The molecule has 1 fully saturated rings. The van der Waals surface area contributed by atoms with E-state index in [4.69, 9.17) is 18.9 Å². The number of guanidine groups is 1. The number of anilines is 1. The minimum absolute atomic E-state index is 0. The smallest absolute Gasteiger partial charge is 0.203 e. The quantitative estimate of drug-likeness (QED) is 0.319. The average Bonchev–Trinajstić information content (AvgIpc) is 2.84. The van der Waals surface area contributed by atoms with E-state index in [1.165, 1.54) is 0 Å². The summed E-state index contributed by atoms with van der Waals surface area (Å²) in [5, 5.41) is 3.45. The molecule has 0 aromatic heterocycles. The van der Waals surface area contributed by atoms with Crippen LogP contribution in [-0.2, 0) is 6.54 Å². The number of ether oxygens (including phenoxy) is 4. The summed E-state index contributed by atoms with van der Waals surface area (Å²) >= 11 is 0. The lowest BCUT2D eigenvalue weighted by Gasteiger charge is -2.38. The lowest BCUT2D eigenvalue weighted by molar-refractivity contribution is 0.321. The molecule has 0 unspecified atom stereocenters. The van der Waals surface area contributed by atoms with E-state index in [9.17, 15) is 0 Å². The first-order valence-electron chi connectivity index (χ1n) is 10.3. The highest BCUT2D eigenvalue weighted by Crippen LogP contribution is 2.39. The van der Waals surface area contributed by atoms with Gasteiger partial charge in [-0.05, 0) is 24.3 Å². The molecule has 8 nitrogen and oxygen atoms in total. The second-order valence-corrected chi connectivity index (χ2v) is 7.04. The van der Waals surface area contributed by atoms with E-state index in [-0.39, 0.29) is 24.0 Å². The molecule has 0 radical (unpaired) electrons. The van der Waals surface area contributed by atoms with Gasteiger partial charge in [0, 0.05) is 45.3 Å². The van der Waals surface area contributed by atoms with Gasteiger partial charge in [0.1, 0.15) is 5.75 Å². The molecule has 0 amide bonds. The number of nitrogens with zero attached hydrogens (tertiary/aromatic N) is 3. The molecule has 2 aromatic rings. The van der Waals surface area contributed by atoms with Gasteiger partial charge in [-0.15, -0.1) is 24.0 Å². The van der Waals surface area contributed by atoms with Gasteiger partial charge in [0.15, 0.2) is 17.5 Å². The third kappa shape index (κ3) is 5.62. The van der Waals surface area contributed by atoms with Gasteiger partial charge in [0.25, 0.3) is 0 Å². The molecule has 0 spiro atoms. The molecule has 32 heavy (non-hydrogen) atoms. The molecule has 1 aliphatic rings. The van der Waals surface area contributed by atoms with Crippen molar-refractivity contribution >= 4 is 35.6 Å². The number of hydrogen-bond donors (Lipinski definition) is 1. The maximum atomic E-state index is 5.59. The maximum absolute atomic E-state index is 5.59. The number of halogens is 1. The van der Waals surface area contributed by atoms with Gasteiger partial charge in [-0.3, -0.25) is 4.99 Å². The van der Waals surface area contributed by atoms with Gasteiger partial charge < -0.3 is 34.1 Å². The first-order valence-corrected chi connectivity index (χ1v) is 10.3. The molecule has 1 N–H and O–H groups in total. The van der Waals surface area contributed by atoms with Crippen LogP contribution in [0.4, 0.5) is 5.69 Å². The maximum Gasteiger partial charge on any atom is 0.203 e. The van der Waals surface area contributed by atoms with Crippen LogP contribution in [0.5, 0.6) is 23.0 Å². The van der Waals surface area contributed by atoms with Crippen LogP contribution in [0.2, 0.25) is 0 Å². The van der Waals surface area contributed by atoms with Crippen LogP contribution in [0, 0.1) is 0 Å². The molecule has 0 aliphatic carbocycles. The highest BCUT2D eigenvalue weighted by Gasteiger charge is 2.22. The summed E-state index contributed by atoms with van der Waals surface area (Å²) < 4.78 is 22.0. The van der Waals surface area contributed by atoms with Crippen molar-refractivity contribution in [1.29, 1.82) is 0 Å². The molecule has 3 rings (SSSR count). The van der Waals surface area contributed by atoms with Gasteiger partial charge >= 0.3 is 0 Å². The highest BCUT2D eigenvalue weighted by atomic mass is 127. The van der Waals surface area contributed by atoms with Crippen molar-refractivity contribution in [2.75, 3.05) is 66.6 Å². The normalized spacial score (nSPS) is 13.8. The Hall–Kier alpha value is -2.56.